The number of carbonyl (C=O) groups is 3. The van der Waals surface area contributed by atoms with Gasteiger partial charge in [-0.05, 0) is 60.3 Å². The number of alkyl halides is 18. The highest BCUT2D eigenvalue weighted by Gasteiger charge is 2.91. The summed E-state index contributed by atoms with van der Waals surface area (Å²) in [5.74, 6) is -49.7. The van der Waals surface area contributed by atoms with Gasteiger partial charge in [-0.25, -0.2) is 0 Å². The van der Waals surface area contributed by atoms with Gasteiger partial charge >= 0.3 is 65.8 Å². The topological polar surface area (TPSA) is 108 Å². The molecule has 0 aromatic carbocycles. The predicted molar refractivity (Wildman–Crippen MR) is 161 cm³/mol. The Labute approximate surface area is 319 Å². The number of rotatable bonds is 23. The van der Waals surface area contributed by atoms with E-state index in [0.717, 1.165) is 27.7 Å². The number of hydrogen-bond acceptors (Lipinski definition) is 8. The number of aliphatic hydroxyl groups is 1. The Morgan fingerprint density at radius 2 is 1.03 bits per heavy atom. The average molecular weight is 897 g/mol. The number of halogens is 18. The van der Waals surface area contributed by atoms with Gasteiger partial charge in [0.25, 0.3) is 0 Å². The van der Waals surface area contributed by atoms with Crippen LogP contribution in [0.3, 0.4) is 0 Å². The van der Waals surface area contributed by atoms with Gasteiger partial charge < -0.3 is 24.1 Å². The van der Waals surface area contributed by atoms with Crippen molar-refractivity contribution < 1.29 is 117 Å². The Balaban J connectivity index is 6.72. The summed E-state index contributed by atoms with van der Waals surface area (Å²) >= 11 is 0. The monoisotopic (exact) mass is 896 g/mol. The molecule has 8 nitrogen and oxygen atoms in total. The van der Waals surface area contributed by atoms with Gasteiger partial charge in [0.2, 0.25) is 0 Å². The van der Waals surface area contributed by atoms with Gasteiger partial charge in [0.15, 0.2) is 6.61 Å². The van der Waals surface area contributed by atoms with Gasteiger partial charge in [-0.3, -0.25) is 14.4 Å². The van der Waals surface area contributed by atoms with E-state index >= 15 is 0 Å². The minimum Gasteiger partial charge on any atom is -0.465 e. The Morgan fingerprint density at radius 1 is 0.569 bits per heavy atom. The van der Waals surface area contributed by atoms with E-state index in [-0.39, 0.29) is 0 Å². The summed E-state index contributed by atoms with van der Waals surface area (Å²) in [5.41, 5.74) is -7.02. The molecule has 26 heteroatoms. The lowest BCUT2D eigenvalue weighted by molar-refractivity contribution is -0.441. The number of esters is 3. The lowest BCUT2D eigenvalue weighted by Gasteiger charge is -2.41. The molecule has 1 N–H and O–H groups in total. The van der Waals surface area contributed by atoms with Crippen LogP contribution < -0.4 is 0 Å². The first-order chi connectivity index (χ1) is 25.5. The number of hydrogen-bond donors (Lipinski definition) is 1. The Bertz CT molecular complexity index is 1400. The van der Waals surface area contributed by atoms with Crippen molar-refractivity contribution in [3.63, 3.8) is 0 Å². The first-order valence-corrected chi connectivity index (χ1v) is 16.7. The molecule has 0 rings (SSSR count). The maximum atomic E-state index is 14.4. The van der Waals surface area contributed by atoms with Crippen LogP contribution in [0.4, 0.5) is 79.0 Å². The SMILES string of the molecule is CCC(CO)OC(C)COC(=O)C(C)(C)CC(C)(CC(C)(CC)C(=O)OCC(F)(F)C(F)(F)C(F)(F)C(F)(F)C(F)(F)C(F)(F)F)C(=O)OCCC(F)(F)C(F)(F)F. The van der Waals surface area contributed by atoms with Crippen LogP contribution in [0.25, 0.3) is 0 Å². The maximum absolute atomic E-state index is 14.4. The smallest absolute Gasteiger partial charge is 0.460 e. The zero-order chi connectivity index (χ0) is 46.6. The fourth-order valence-electron chi connectivity index (χ4n) is 5.29. The molecule has 344 valence electrons. The minimum atomic E-state index is -8.24. The minimum absolute atomic E-state index is 0.317. The maximum Gasteiger partial charge on any atom is 0.460 e. The summed E-state index contributed by atoms with van der Waals surface area (Å²) in [6.45, 7) is 1.58. The third-order valence-electron chi connectivity index (χ3n) is 8.91. The van der Waals surface area contributed by atoms with Gasteiger partial charge in [0.1, 0.15) is 6.61 Å². The fraction of sp³-hybridized carbons (Fsp3) is 0.906. The van der Waals surface area contributed by atoms with Crippen molar-refractivity contribution in [2.75, 3.05) is 26.4 Å². The molecule has 0 amide bonds. The molecular formula is C32H42F18O8. The third kappa shape index (κ3) is 11.9. The van der Waals surface area contributed by atoms with Crippen LogP contribution in [0.1, 0.15) is 80.6 Å². The average Bonchev–Trinajstić information content (AvgIpc) is 3.06. The Hall–Kier alpha value is -2.93. The lowest BCUT2D eigenvalue weighted by atomic mass is 9.65. The van der Waals surface area contributed by atoms with E-state index in [0.29, 0.717) is 13.3 Å². The van der Waals surface area contributed by atoms with Gasteiger partial charge in [0.05, 0.1) is 48.1 Å². The van der Waals surface area contributed by atoms with Gasteiger partial charge in [0, 0.05) is 0 Å². The summed E-state index contributed by atoms with van der Waals surface area (Å²) in [4.78, 5) is 39.6. The van der Waals surface area contributed by atoms with E-state index in [9.17, 15) is 98.5 Å². The first kappa shape index (κ1) is 55.1. The first-order valence-electron chi connectivity index (χ1n) is 16.7. The highest BCUT2D eigenvalue weighted by atomic mass is 19.4. The van der Waals surface area contributed by atoms with Crippen molar-refractivity contribution in [2.45, 2.75) is 141 Å². The zero-order valence-corrected chi connectivity index (χ0v) is 31.6. The summed E-state index contributed by atoms with van der Waals surface area (Å²) < 4.78 is 260. The summed E-state index contributed by atoms with van der Waals surface area (Å²) in [5, 5.41) is 9.29. The van der Waals surface area contributed by atoms with Crippen molar-refractivity contribution in [3.05, 3.63) is 0 Å². The molecule has 0 fully saturated rings. The van der Waals surface area contributed by atoms with E-state index in [2.05, 4.69) is 9.47 Å². The highest BCUT2D eigenvalue weighted by Crippen LogP contribution is 2.60. The van der Waals surface area contributed by atoms with Crippen molar-refractivity contribution in [3.8, 4) is 0 Å². The van der Waals surface area contributed by atoms with Crippen LogP contribution in [-0.4, -0.2) is 110 Å². The Kier molecular flexibility index (Phi) is 17.4. The van der Waals surface area contributed by atoms with E-state index in [4.69, 9.17) is 9.47 Å². The van der Waals surface area contributed by atoms with E-state index in [1.165, 1.54) is 6.92 Å². The summed E-state index contributed by atoms with van der Waals surface area (Å²) in [6, 6.07) is 0. The molecule has 0 saturated carbocycles. The molecule has 58 heavy (non-hydrogen) atoms. The second kappa shape index (κ2) is 18.4. The summed E-state index contributed by atoms with van der Waals surface area (Å²) in [6.07, 6.45) is -20.1. The molecule has 0 heterocycles. The van der Waals surface area contributed by atoms with Crippen molar-refractivity contribution in [1.29, 1.82) is 0 Å². The second-order valence-corrected chi connectivity index (χ2v) is 14.6. The van der Waals surface area contributed by atoms with Gasteiger partial charge in [-0.1, -0.05) is 13.8 Å². The number of aliphatic hydroxyl groups excluding tert-OH is 1. The van der Waals surface area contributed by atoms with E-state index in [1.54, 1.807) is 6.92 Å². The summed E-state index contributed by atoms with van der Waals surface area (Å²) in [7, 11) is 0. The zero-order valence-electron chi connectivity index (χ0n) is 31.6. The standard InChI is InChI=1S/C32H42F18O8/c1-8-18(12-51)58-17(3)13-56-19(52)22(4,5)14-24(7,21(54)55-11-10-25(33,34)31(45,46)47)15-23(6,9-2)20(53)57-16-26(35,36)27(37,38)28(39,40)29(41,42)30(43,44)32(48,49)50/h17-18,51H,8-16H2,1-7H3. The molecule has 0 spiro atoms. The van der Waals surface area contributed by atoms with Crippen LogP contribution in [0, 0.1) is 16.2 Å². The quantitative estimate of drug-likeness (QED) is 0.0615. The van der Waals surface area contributed by atoms with Crippen LogP contribution in [-0.2, 0) is 33.3 Å². The molecule has 0 aliphatic heterocycles. The van der Waals surface area contributed by atoms with Crippen molar-refractivity contribution >= 4 is 17.9 Å². The van der Waals surface area contributed by atoms with Crippen molar-refractivity contribution in [1.82, 2.24) is 0 Å². The molecule has 0 aliphatic carbocycles. The van der Waals surface area contributed by atoms with Crippen LogP contribution in [0.5, 0.6) is 0 Å². The molecular weight excluding hydrogens is 854 g/mol. The molecule has 0 saturated heterocycles. The Morgan fingerprint density at radius 3 is 1.45 bits per heavy atom. The predicted octanol–water partition coefficient (Wildman–Crippen LogP) is 9.35. The number of ether oxygens (including phenoxy) is 4. The molecule has 4 unspecified atom stereocenters. The van der Waals surface area contributed by atoms with Crippen molar-refractivity contribution in [2.24, 2.45) is 16.2 Å². The molecule has 0 bridgehead atoms. The van der Waals surface area contributed by atoms with E-state index in [1.807, 2.05) is 0 Å². The molecule has 4 atom stereocenters. The number of carbonyl (C=O) groups excluding carboxylic acids is 3. The fourth-order valence-corrected chi connectivity index (χ4v) is 5.29. The van der Waals surface area contributed by atoms with Gasteiger partial charge in [-0.15, -0.1) is 0 Å². The normalized spacial score (nSPS) is 17.5. The van der Waals surface area contributed by atoms with E-state index < -0.39 is 146 Å². The van der Waals surface area contributed by atoms with Crippen LogP contribution in [0.2, 0.25) is 0 Å². The van der Waals surface area contributed by atoms with Crippen LogP contribution >= 0.6 is 0 Å². The molecule has 0 radical (unpaired) electrons. The molecule has 0 aromatic rings. The lowest BCUT2D eigenvalue weighted by Crippen LogP contribution is -2.70. The molecule has 0 aliphatic rings. The second-order valence-electron chi connectivity index (χ2n) is 14.6. The third-order valence-corrected chi connectivity index (χ3v) is 8.91. The van der Waals surface area contributed by atoms with Crippen LogP contribution in [0.15, 0.2) is 0 Å². The van der Waals surface area contributed by atoms with Gasteiger partial charge in [-0.2, -0.15) is 79.0 Å². The molecule has 0 aromatic heterocycles. The largest absolute Gasteiger partial charge is 0.465 e. The highest BCUT2D eigenvalue weighted by molar-refractivity contribution is 5.82.